The molecule has 0 bridgehead atoms. The fourth-order valence-electron chi connectivity index (χ4n) is 1.16. The van der Waals surface area contributed by atoms with E-state index in [1.54, 1.807) is 24.3 Å². The van der Waals surface area contributed by atoms with Gasteiger partial charge < -0.3 is 0 Å². The molecule has 0 saturated heterocycles. The molecule has 0 aliphatic carbocycles. The number of aromatic nitrogens is 2. The van der Waals surface area contributed by atoms with Gasteiger partial charge in [0.2, 0.25) is 0 Å². The molecule has 6 heteroatoms. The number of aromatic amines is 1. The van der Waals surface area contributed by atoms with E-state index in [9.17, 15) is 4.79 Å². The molecule has 0 aliphatic heterocycles. The van der Waals surface area contributed by atoms with Crippen LogP contribution in [-0.4, -0.2) is 10.2 Å². The van der Waals surface area contributed by atoms with Gasteiger partial charge in [0.15, 0.2) is 0 Å². The fourth-order valence-corrected chi connectivity index (χ4v) is 1.46. The van der Waals surface area contributed by atoms with E-state index in [-0.39, 0.29) is 22.5 Å². The molecule has 0 atom stereocenters. The van der Waals surface area contributed by atoms with Gasteiger partial charge in [-0.15, -0.1) is 17.0 Å². The third-order valence-corrected chi connectivity index (χ3v) is 2.63. The SMILES string of the molecule is Br.O=c1ccc(-c2ccc(Cl)c(Cl)c2)n[nH]1. The van der Waals surface area contributed by atoms with E-state index >= 15 is 0 Å². The van der Waals surface area contributed by atoms with Crippen molar-refractivity contribution in [2.24, 2.45) is 0 Å². The number of halogens is 3. The highest BCUT2D eigenvalue weighted by atomic mass is 79.9. The zero-order chi connectivity index (χ0) is 10.8. The van der Waals surface area contributed by atoms with Gasteiger partial charge in [-0.05, 0) is 18.2 Å². The lowest BCUT2D eigenvalue weighted by atomic mass is 10.1. The van der Waals surface area contributed by atoms with Gasteiger partial charge in [0.05, 0.1) is 15.7 Å². The minimum atomic E-state index is -0.237. The van der Waals surface area contributed by atoms with Crippen molar-refractivity contribution in [2.75, 3.05) is 0 Å². The number of H-pyrrole nitrogens is 1. The minimum Gasteiger partial charge on any atom is -0.268 e. The summed E-state index contributed by atoms with van der Waals surface area (Å²) in [4.78, 5) is 10.8. The average Bonchev–Trinajstić information content (AvgIpc) is 2.23. The van der Waals surface area contributed by atoms with Crippen LogP contribution >= 0.6 is 40.2 Å². The van der Waals surface area contributed by atoms with Crippen LogP contribution in [0.3, 0.4) is 0 Å². The standard InChI is InChI=1S/C10H6Cl2N2O.BrH/c11-7-2-1-6(5-8(7)12)9-3-4-10(15)14-13-9;/h1-5H,(H,14,15);1H. The maximum Gasteiger partial charge on any atom is 0.264 e. The van der Waals surface area contributed by atoms with Crippen molar-refractivity contribution in [3.8, 4) is 11.3 Å². The second-order valence-electron chi connectivity index (χ2n) is 2.94. The molecular weight excluding hydrogens is 315 g/mol. The third-order valence-electron chi connectivity index (χ3n) is 1.89. The lowest BCUT2D eigenvalue weighted by Crippen LogP contribution is -2.05. The zero-order valence-electron chi connectivity index (χ0n) is 7.91. The number of benzene rings is 1. The van der Waals surface area contributed by atoms with Gasteiger partial charge in [-0.1, -0.05) is 29.3 Å². The lowest BCUT2D eigenvalue weighted by Gasteiger charge is -2.01. The summed E-state index contributed by atoms with van der Waals surface area (Å²) < 4.78 is 0. The Labute approximate surface area is 112 Å². The molecule has 1 aromatic heterocycles. The van der Waals surface area contributed by atoms with Crippen LogP contribution in [-0.2, 0) is 0 Å². The predicted molar refractivity (Wildman–Crippen MR) is 70.6 cm³/mol. The first kappa shape index (κ1) is 13.2. The Morgan fingerprint density at radius 2 is 1.81 bits per heavy atom. The summed E-state index contributed by atoms with van der Waals surface area (Å²) >= 11 is 11.6. The van der Waals surface area contributed by atoms with E-state index in [0.717, 1.165) is 5.56 Å². The molecule has 84 valence electrons. The summed E-state index contributed by atoms with van der Waals surface area (Å²) in [5.41, 5.74) is 1.22. The van der Waals surface area contributed by atoms with Crippen LogP contribution in [0.25, 0.3) is 11.3 Å². The Hall–Kier alpha value is -0.840. The predicted octanol–water partition coefficient (Wildman–Crippen LogP) is 3.32. The van der Waals surface area contributed by atoms with Crippen molar-refractivity contribution in [3.63, 3.8) is 0 Å². The molecular formula is C10H7BrCl2N2O. The van der Waals surface area contributed by atoms with Crippen molar-refractivity contribution in [2.45, 2.75) is 0 Å². The van der Waals surface area contributed by atoms with Crippen LogP contribution in [0.5, 0.6) is 0 Å². The van der Waals surface area contributed by atoms with E-state index in [2.05, 4.69) is 10.2 Å². The van der Waals surface area contributed by atoms with Gasteiger partial charge in [0, 0.05) is 11.6 Å². The second-order valence-corrected chi connectivity index (χ2v) is 3.75. The molecule has 0 amide bonds. The van der Waals surface area contributed by atoms with Crippen LogP contribution in [0, 0.1) is 0 Å². The van der Waals surface area contributed by atoms with Gasteiger partial charge in [0.1, 0.15) is 0 Å². The molecule has 0 aliphatic rings. The topological polar surface area (TPSA) is 45.8 Å². The molecule has 0 spiro atoms. The number of hydrogen-bond donors (Lipinski definition) is 1. The first-order valence-corrected chi connectivity index (χ1v) is 4.93. The summed E-state index contributed by atoms with van der Waals surface area (Å²) in [6.07, 6.45) is 0. The van der Waals surface area contributed by atoms with Crippen LogP contribution in [0.1, 0.15) is 0 Å². The fraction of sp³-hybridized carbons (Fsp3) is 0. The molecule has 1 aromatic carbocycles. The molecule has 0 unspecified atom stereocenters. The number of nitrogens with zero attached hydrogens (tertiary/aromatic N) is 1. The molecule has 2 rings (SSSR count). The van der Waals surface area contributed by atoms with Gasteiger partial charge >= 0.3 is 0 Å². The van der Waals surface area contributed by atoms with Crippen molar-refractivity contribution in [1.82, 2.24) is 10.2 Å². The summed E-state index contributed by atoms with van der Waals surface area (Å²) in [7, 11) is 0. The molecule has 16 heavy (non-hydrogen) atoms. The molecule has 0 fully saturated rings. The van der Waals surface area contributed by atoms with Crippen molar-refractivity contribution in [3.05, 3.63) is 50.7 Å². The van der Waals surface area contributed by atoms with E-state index in [1.165, 1.54) is 6.07 Å². The van der Waals surface area contributed by atoms with Crippen LogP contribution < -0.4 is 5.56 Å². The van der Waals surface area contributed by atoms with E-state index in [4.69, 9.17) is 23.2 Å². The Morgan fingerprint density at radius 1 is 1.06 bits per heavy atom. The van der Waals surface area contributed by atoms with Gasteiger partial charge in [-0.3, -0.25) is 4.79 Å². The van der Waals surface area contributed by atoms with Crippen molar-refractivity contribution in [1.29, 1.82) is 0 Å². The van der Waals surface area contributed by atoms with Crippen LogP contribution in [0.2, 0.25) is 10.0 Å². The first-order valence-electron chi connectivity index (χ1n) is 4.18. The molecule has 1 N–H and O–H groups in total. The molecule has 0 radical (unpaired) electrons. The Balaban J connectivity index is 0.00000128. The lowest BCUT2D eigenvalue weighted by molar-refractivity contribution is 0.995. The first-order chi connectivity index (χ1) is 7.16. The summed E-state index contributed by atoms with van der Waals surface area (Å²) in [5, 5.41) is 7.18. The van der Waals surface area contributed by atoms with Crippen LogP contribution in [0.4, 0.5) is 0 Å². The normalized spacial score (nSPS) is 9.62. The van der Waals surface area contributed by atoms with Gasteiger partial charge in [-0.25, -0.2) is 5.10 Å². The molecule has 2 aromatic rings. The minimum absolute atomic E-state index is 0. The van der Waals surface area contributed by atoms with Crippen molar-refractivity contribution < 1.29 is 0 Å². The largest absolute Gasteiger partial charge is 0.268 e. The smallest absolute Gasteiger partial charge is 0.264 e. The summed E-state index contributed by atoms with van der Waals surface area (Å²) in [6, 6.07) is 8.20. The third kappa shape index (κ3) is 2.84. The zero-order valence-corrected chi connectivity index (χ0v) is 11.1. The monoisotopic (exact) mass is 320 g/mol. The number of hydrogen-bond acceptors (Lipinski definition) is 2. The van der Waals surface area contributed by atoms with E-state index in [0.29, 0.717) is 15.7 Å². The molecule has 1 heterocycles. The van der Waals surface area contributed by atoms with E-state index < -0.39 is 0 Å². The molecule has 3 nitrogen and oxygen atoms in total. The Bertz CT molecular complexity index is 536. The second kappa shape index (κ2) is 5.48. The maximum atomic E-state index is 10.8. The number of nitrogens with one attached hydrogen (secondary N) is 1. The summed E-state index contributed by atoms with van der Waals surface area (Å²) in [5.74, 6) is 0. The quantitative estimate of drug-likeness (QED) is 0.875. The molecule has 0 saturated carbocycles. The highest BCUT2D eigenvalue weighted by molar-refractivity contribution is 8.93. The maximum absolute atomic E-state index is 10.8. The van der Waals surface area contributed by atoms with Gasteiger partial charge in [-0.2, -0.15) is 5.10 Å². The highest BCUT2D eigenvalue weighted by Gasteiger charge is 2.02. The highest BCUT2D eigenvalue weighted by Crippen LogP contribution is 2.26. The van der Waals surface area contributed by atoms with Crippen molar-refractivity contribution >= 4 is 40.2 Å². The Morgan fingerprint density at radius 3 is 2.38 bits per heavy atom. The average molecular weight is 322 g/mol. The van der Waals surface area contributed by atoms with E-state index in [1.807, 2.05) is 0 Å². The summed E-state index contributed by atoms with van der Waals surface area (Å²) in [6.45, 7) is 0. The Kier molecular flexibility index (Phi) is 4.53. The number of rotatable bonds is 1. The van der Waals surface area contributed by atoms with Gasteiger partial charge in [0.25, 0.3) is 5.56 Å². The van der Waals surface area contributed by atoms with Crippen LogP contribution in [0.15, 0.2) is 35.1 Å².